The van der Waals surface area contributed by atoms with Crippen LogP contribution >= 0.6 is 42.5 Å². The third-order valence-electron chi connectivity index (χ3n) is 6.04. The topological polar surface area (TPSA) is 96.0 Å². The normalized spacial score (nSPS) is 12.7. The van der Waals surface area contributed by atoms with Crippen molar-refractivity contribution in [3.05, 3.63) is 63.8 Å². The fraction of sp³-hybridized carbons (Fsp3) is 0.433. The van der Waals surface area contributed by atoms with Crippen molar-refractivity contribution in [2.75, 3.05) is 24.7 Å². The molecule has 1 heterocycles. The molecule has 0 aliphatic heterocycles. The standard InChI is InChI=1S/C30H31F6O7PS3/c1-15(2)11-21(37)45-9-7-41-44(40,42-8-10-46-22(38)12-16(3)4)29(36)17-5-6-19-18(13-17)14-20(47-19)30(39)43-28-26(34)24(32)23(31)25(33)27(28)35/h5-6,13-16,29H,7-12H2,1-4H3. The summed E-state index contributed by atoms with van der Waals surface area (Å²) in [7, 11) is -4.56. The van der Waals surface area contributed by atoms with E-state index in [1.807, 2.05) is 27.7 Å². The zero-order chi connectivity index (χ0) is 35.1. The minimum atomic E-state index is -4.56. The van der Waals surface area contributed by atoms with Gasteiger partial charge in [-0.05, 0) is 41.0 Å². The number of rotatable bonds is 16. The molecule has 0 bridgehead atoms. The molecule has 0 spiro atoms. The highest BCUT2D eigenvalue weighted by Crippen LogP contribution is 2.62. The van der Waals surface area contributed by atoms with Gasteiger partial charge in [0.2, 0.25) is 40.7 Å². The van der Waals surface area contributed by atoms with Crippen LogP contribution in [0.15, 0.2) is 24.3 Å². The summed E-state index contributed by atoms with van der Waals surface area (Å²) in [6, 6.07) is 4.93. The molecular weight excluding hydrogens is 713 g/mol. The van der Waals surface area contributed by atoms with Gasteiger partial charge in [-0.2, -0.15) is 8.78 Å². The van der Waals surface area contributed by atoms with Crippen molar-refractivity contribution in [3.63, 3.8) is 0 Å². The molecule has 3 rings (SSSR count). The Balaban J connectivity index is 1.79. The molecule has 0 N–H and O–H groups in total. The van der Waals surface area contributed by atoms with E-state index in [1.165, 1.54) is 18.2 Å². The van der Waals surface area contributed by atoms with Crippen LogP contribution < -0.4 is 4.74 Å². The van der Waals surface area contributed by atoms with Crippen LogP contribution in [0.5, 0.6) is 5.75 Å². The molecule has 0 saturated heterocycles. The Kier molecular flexibility index (Phi) is 14.4. The Hall–Kier alpha value is -2.36. The van der Waals surface area contributed by atoms with Gasteiger partial charge in [-0.3, -0.25) is 14.2 Å². The summed E-state index contributed by atoms with van der Waals surface area (Å²) >= 11 is 2.60. The quantitative estimate of drug-likeness (QED) is 0.0270. The van der Waals surface area contributed by atoms with E-state index >= 15 is 4.39 Å². The summed E-state index contributed by atoms with van der Waals surface area (Å²) in [4.78, 5) is 36.3. The van der Waals surface area contributed by atoms with Crippen LogP contribution in [0, 0.1) is 40.9 Å². The van der Waals surface area contributed by atoms with Crippen LogP contribution in [0.4, 0.5) is 26.3 Å². The van der Waals surface area contributed by atoms with Gasteiger partial charge in [0.25, 0.3) is 0 Å². The molecule has 0 aliphatic carbocycles. The summed E-state index contributed by atoms with van der Waals surface area (Å²) < 4.78 is 114. The molecule has 258 valence electrons. The average molecular weight is 745 g/mol. The molecule has 2 aromatic carbocycles. The van der Waals surface area contributed by atoms with Gasteiger partial charge in [-0.25, -0.2) is 22.4 Å². The van der Waals surface area contributed by atoms with Crippen LogP contribution in [-0.4, -0.2) is 40.9 Å². The van der Waals surface area contributed by atoms with Gasteiger partial charge in [0.1, 0.15) is 4.88 Å². The Labute approximate surface area is 279 Å². The van der Waals surface area contributed by atoms with Crippen LogP contribution in [0.25, 0.3) is 10.1 Å². The first-order chi connectivity index (χ1) is 22.0. The maximum absolute atomic E-state index is 15.9. The molecule has 17 heteroatoms. The van der Waals surface area contributed by atoms with Gasteiger partial charge in [-0.15, -0.1) is 11.3 Å². The van der Waals surface area contributed by atoms with Gasteiger partial charge in [0.05, 0.1) is 13.2 Å². The number of thiophene rings is 1. The lowest BCUT2D eigenvalue weighted by Crippen LogP contribution is -2.12. The largest absolute Gasteiger partial charge is 0.416 e. The summed E-state index contributed by atoms with van der Waals surface area (Å²) in [6.45, 7) is 6.91. The highest BCUT2D eigenvalue weighted by atomic mass is 32.2. The number of fused-ring (bicyclic) bond motifs is 1. The smallest absolute Gasteiger partial charge is 0.369 e. The van der Waals surface area contributed by atoms with E-state index in [0.29, 0.717) is 17.5 Å². The molecular formula is C30H31F6O7PS3. The molecule has 3 aromatic rings. The van der Waals surface area contributed by atoms with Crippen LogP contribution in [0.3, 0.4) is 0 Å². The molecule has 0 fully saturated rings. The average Bonchev–Trinajstić information content (AvgIpc) is 3.44. The van der Waals surface area contributed by atoms with E-state index in [4.69, 9.17) is 9.05 Å². The van der Waals surface area contributed by atoms with Gasteiger partial charge in [0, 0.05) is 29.0 Å². The molecule has 0 aliphatic rings. The van der Waals surface area contributed by atoms with Crippen LogP contribution in [-0.2, 0) is 23.2 Å². The van der Waals surface area contributed by atoms with Crippen LogP contribution in [0.1, 0.15) is 61.7 Å². The number of alkyl halides is 1. The van der Waals surface area contributed by atoms with E-state index in [-0.39, 0.29) is 62.6 Å². The van der Waals surface area contributed by atoms with E-state index in [0.717, 1.165) is 40.9 Å². The van der Waals surface area contributed by atoms with Gasteiger partial charge in [-0.1, -0.05) is 57.3 Å². The number of carbonyl (C=O) groups excluding carboxylic acids is 3. The van der Waals surface area contributed by atoms with Crippen molar-refractivity contribution in [2.24, 2.45) is 11.8 Å². The Bertz CT molecular complexity index is 1600. The third-order valence-corrected chi connectivity index (χ3v) is 10.8. The van der Waals surface area contributed by atoms with Gasteiger partial charge < -0.3 is 13.8 Å². The number of hydrogen-bond donors (Lipinski definition) is 0. The first kappa shape index (κ1) is 39.1. The Morgan fingerprint density at radius 1 is 0.787 bits per heavy atom. The number of ether oxygens (including phenoxy) is 1. The first-order valence-electron chi connectivity index (χ1n) is 14.1. The minimum absolute atomic E-state index is 0.0747. The zero-order valence-corrected chi connectivity index (χ0v) is 28.9. The predicted octanol–water partition coefficient (Wildman–Crippen LogP) is 9.62. The molecule has 0 saturated carbocycles. The highest BCUT2D eigenvalue weighted by Gasteiger charge is 2.38. The lowest BCUT2D eigenvalue weighted by molar-refractivity contribution is -0.112. The lowest BCUT2D eigenvalue weighted by atomic mass is 10.2. The number of halogens is 6. The molecule has 47 heavy (non-hydrogen) atoms. The SMILES string of the molecule is CC(C)CC(=O)SCCOP(=O)(OCCSC(=O)CC(C)C)C(F)c1ccc2sc(C(=O)Oc3c(F)c(F)c(F)c(F)c3F)cc2c1. The van der Waals surface area contributed by atoms with Crippen LogP contribution in [0.2, 0.25) is 0 Å². The second-order valence-electron chi connectivity index (χ2n) is 10.9. The van der Waals surface area contributed by atoms with Crippen molar-refractivity contribution in [1.29, 1.82) is 0 Å². The zero-order valence-electron chi connectivity index (χ0n) is 25.6. The van der Waals surface area contributed by atoms with Crippen molar-refractivity contribution in [3.8, 4) is 5.75 Å². The first-order valence-corrected chi connectivity index (χ1v) is 18.5. The molecule has 1 unspecified atom stereocenters. The second-order valence-corrected chi connectivity index (χ2v) is 16.3. The minimum Gasteiger partial charge on any atom is -0.416 e. The number of hydrogen-bond acceptors (Lipinski definition) is 10. The fourth-order valence-corrected chi connectivity index (χ4v) is 8.31. The lowest BCUT2D eigenvalue weighted by Gasteiger charge is -2.22. The van der Waals surface area contributed by atoms with E-state index in [1.54, 1.807) is 0 Å². The van der Waals surface area contributed by atoms with Crippen molar-refractivity contribution >= 4 is 68.7 Å². The second kappa shape index (κ2) is 17.3. The van der Waals surface area contributed by atoms with Gasteiger partial charge in [0.15, 0.2) is 10.2 Å². The van der Waals surface area contributed by atoms with Crippen molar-refractivity contribution in [1.82, 2.24) is 0 Å². The van der Waals surface area contributed by atoms with Crippen molar-refractivity contribution < 1.29 is 59.1 Å². The Morgan fingerprint density at radius 2 is 1.28 bits per heavy atom. The summed E-state index contributed by atoms with van der Waals surface area (Å²) in [5, 5.41) is -0.0435. The number of esters is 1. The monoisotopic (exact) mass is 744 g/mol. The summed E-state index contributed by atoms with van der Waals surface area (Å²) in [5.41, 5.74) is -0.189. The van der Waals surface area contributed by atoms with Crippen molar-refractivity contribution in [2.45, 2.75) is 46.4 Å². The van der Waals surface area contributed by atoms with E-state index in [2.05, 4.69) is 4.74 Å². The molecule has 7 nitrogen and oxygen atoms in total. The molecule has 0 amide bonds. The highest BCUT2D eigenvalue weighted by molar-refractivity contribution is 8.13. The summed E-state index contributed by atoms with van der Waals surface area (Å²) in [5.74, 6) is -16.8. The Morgan fingerprint density at radius 3 is 1.77 bits per heavy atom. The van der Waals surface area contributed by atoms with E-state index < -0.39 is 54.3 Å². The number of benzene rings is 2. The van der Waals surface area contributed by atoms with Gasteiger partial charge >= 0.3 is 13.6 Å². The molecule has 0 radical (unpaired) electrons. The predicted molar refractivity (Wildman–Crippen MR) is 170 cm³/mol. The van der Waals surface area contributed by atoms with E-state index in [9.17, 15) is 40.9 Å². The summed E-state index contributed by atoms with van der Waals surface area (Å²) in [6.07, 6.45) is 0.619. The number of carbonyl (C=O) groups is 3. The third kappa shape index (κ3) is 10.6. The maximum Gasteiger partial charge on any atom is 0.369 e. The maximum atomic E-state index is 15.9. The number of thioether (sulfide) groups is 2. The molecule has 1 atom stereocenters. The molecule has 1 aromatic heterocycles. The fourth-order valence-electron chi connectivity index (χ4n) is 3.90.